The Labute approximate surface area is 159 Å². The normalized spacial score (nSPS) is 24.9. The van der Waals surface area contributed by atoms with Crippen LogP contribution < -0.4 is 5.73 Å². The number of aromatic nitrogens is 4. The lowest BCUT2D eigenvalue weighted by Gasteiger charge is -2.41. The molecule has 1 saturated carbocycles. The first-order chi connectivity index (χ1) is 12.5. The van der Waals surface area contributed by atoms with Crippen molar-refractivity contribution in [1.82, 2.24) is 29.5 Å². The molecule has 0 spiro atoms. The molecule has 0 radical (unpaired) electrons. The lowest BCUT2D eigenvalue weighted by atomic mass is 9.90. The van der Waals surface area contributed by atoms with Gasteiger partial charge in [0.05, 0.1) is 11.4 Å². The third-order valence-corrected chi connectivity index (χ3v) is 6.14. The number of nitrogen functional groups attached to an aromatic ring is 1. The van der Waals surface area contributed by atoms with Gasteiger partial charge in [0.1, 0.15) is 16.7 Å². The Bertz CT molecular complexity index is 810. The molecule has 3 N–H and O–H groups in total. The van der Waals surface area contributed by atoms with Crippen LogP contribution in [0.1, 0.15) is 31.7 Å². The predicted octanol–water partition coefficient (Wildman–Crippen LogP) is 1.95. The summed E-state index contributed by atoms with van der Waals surface area (Å²) < 4.78 is 2.67. The van der Waals surface area contributed by atoms with Gasteiger partial charge in [0.15, 0.2) is 5.65 Å². The molecule has 0 bridgehead atoms. The van der Waals surface area contributed by atoms with Crippen LogP contribution in [0.2, 0.25) is 0 Å². The highest BCUT2D eigenvalue weighted by Crippen LogP contribution is 2.35. The highest BCUT2D eigenvalue weighted by Gasteiger charge is 2.31. The fraction of sp³-hybridized carbons (Fsp3) is 0.625. The summed E-state index contributed by atoms with van der Waals surface area (Å²) in [5.74, 6) is 0.443. The predicted molar refractivity (Wildman–Crippen MR) is 99.9 cm³/mol. The number of piperazine rings is 1. The van der Waals surface area contributed by atoms with Gasteiger partial charge < -0.3 is 15.7 Å². The zero-order valence-electron chi connectivity index (χ0n) is 14.4. The summed E-state index contributed by atoms with van der Waals surface area (Å²) >= 11 is 3.47. The Kier molecular flexibility index (Phi) is 4.70. The second-order valence-corrected chi connectivity index (χ2v) is 7.71. The Morgan fingerprint density at radius 1 is 1.12 bits per heavy atom. The number of amides is 1. The van der Waals surface area contributed by atoms with Crippen molar-refractivity contribution in [2.24, 2.45) is 0 Å². The first kappa shape index (κ1) is 17.5. The number of nitrogens with zero attached hydrogens (tertiary/aromatic N) is 6. The first-order valence-corrected chi connectivity index (χ1v) is 9.70. The summed E-state index contributed by atoms with van der Waals surface area (Å²) in [5.41, 5.74) is 6.75. The molecule has 0 aromatic carbocycles. The smallest absolute Gasteiger partial charge is 0.407 e. The van der Waals surface area contributed by atoms with Crippen LogP contribution in [-0.2, 0) is 0 Å². The highest BCUT2D eigenvalue weighted by atomic mass is 79.9. The minimum absolute atomic E-state index is 0.301. The minimum Gasteiger partial charge on any atom is -0.465 e. The standard InChI is InChI=1S/C16H22BrN7O2/c17-13-12-14(18)19-9-20-15(12)24(21-13)11-3-1-10(2-4-11)22-5-7-23(8-6-22)16(25)26/h9-11H,1-8H2,(H,25,26)(H2,18,19,20). The number of nitrogens with two attached hydrogens (primary N) is 1. The van der Waals surface area contributed by atoms with Crippen LogP contribution >= 0.6 is 15.9 Å². The number of anilines is 1. The van der Waals surface area contributed by atoms with Crippen molar-refractivity contribution in [3.8, 4) is 0 Å². The number of halogens is 1. The molecule has 0 atom stereocenters. The summed E-state index contributed by atoms with van der Waals surface area (Å²) in [7, 11) is 0. The average Bonchev–Trinajstić information content (AvgIpc) is 3.00. The van der Waals surface area contributed by atoms with E-state index in [0.29, 0.717) is 35.6 Å². The molecule has 2 aliphatic rings. The Balaban J connectivity index is 1.42. The van der Waals surface area contributed by atoms with Gasteiger partial charge in [0.25, 0.3) is 0 Å². The van der Waals surface area contributed by atoms with Crippen LogP contribution in [0.25, 0.3) is 11.0 Å². The van der Waals surface area contributed by atoms with Gasteiger partial charge in [-0.25, -0.2) is 19.4 Å². The summed E-state index contributed by atoms with van der Waals surface area (Å²) in [5, 5.41) is 14.5. The molecule has 9 nitrogen and oxygen atoms in total. The zero-order chi connectivity index (χ0) is 18.3. The molecule has 1 aliphatic heterocycles. The summed E-state index contributed by atoms with van der Waals surface area (Å²) in [4.78, 5) is 23.4. The number of hydrogen-bond acceptors (Lipinski definition) is 6. The Morgan fingerprint density at radius 2 is 1.77 bits per heavy atom. The van der Waals surface area contributed by atoms with Crippen LogP contribution in [0.15, 0.2) is 10.9 Å². The number of carboxylic acid groups (broad SMARTS) is 1. The second-order valence-electron chi connectivity index (χ2n) is 6.96. The van der Waals surface area contributed by atoms with Gasteiger partial charge in [-0.1, -0.05) is 0 Å². The number of carbonyl (C=O) groups is 1. The van der Waals surface area contributed by atoms with Crippen LogP contribution in [-0.4, -0.2) is 73.0 Å². The maximum Gasteiger partial charge on any atom is 0.407 e. The van der Waals surface area contributed by atoms with E-state index < -0.39 is 6.09 Å². The van der Waals surface area contributed by atoms with E-state index in [9.17, 15) is 4.79 Å². The Morgan fingerprint density at radius 3 is 2.42 bits per heavy atom. The molecule has 2 fully saturated rings. The van der Waals surface area contributed by atoms with E-state index in [1.807, 2.05) is 4.68 Å². The summed E-state index contributed by atoms with van der Waals surface area (Å²) in [6.45, 7) is 2.84. The molecular formula is C16H22BrN7O2. The third kappa shape index (κ3) is 3.11. The average molecular weight is 424 g/mol. The second kappa shape index (κ2) is 6.99. The first-order valence-electron chi connectivity index (χ1n) is 8.90. The molecule has 4 rings (SSSR count). The van der Waals surface area contributed by atoms with Crippen LogP contribution in [0.5, 0.6) is 0 Å². The van der Waals surface area contributed by atoms with Gasteiger partial charge in [0, 0.05) is 32.2 Å². The van der Waals surface area contributed by atoms with E-state index in [1.165, 1.54) is 11.2 Å². The van der Waals surface area contributed by atoms with E-state index in [1.54, 1.807) is 0 Å². The number of rotatable bonds is 2. The van der Waals surface area contributed by atoms with E-state index in [4.69, 9.17) is 10.8 Å². The van der Waals surface area contributed by atoms with E-state index in [-0.39, 0.29) is 0 Å². The van der Waals surface area contributed by atoms with Gasteiger partial charge >= 0.3 is 6.09 Å². The molecule has 3 heterocycles. The van der Waals surface area contributed by atoms with Crippen molar-refractivity contribution in [3.05, 3.63) is 10.9 Å². The number of fused-ring (bicyclic) bond motifs is 1. The van der Waals surface area contributed by atoms with E-state index in [2.05, 4.69) is 35.9 Å². The fourth-order valence-corrected chi connectivity index (χ4v) is 4.71. The van der Waals surface area contributed by atoms with Gasteiger partial charge in [-0.2, -0.15) is 5.10 Å². The fourth-order valence-electron chi connectivity index (χ4n) is 4.15. The molecule has 0 unspecified atom stereocenters. The van der Waals surface area contributed by atoms with Crippen molar-refractivity contribution in [3.63, 3.8) is 0 Å². The van der Waals surface area contributed by atoms with Crippen LogP contribution in [0.3, 0.4) is 0 Å². The molecule has 26 heavy (non-hydrogen) atoms. The van der Waals surface area contributed by atoms with Crippen molar-refractivity contribution >= 4 is 38.9 Å². The largest absolute Gasteiger partial charge is 0.465 e. The van der Waals surface area contributed by atoms with Gasteiger partial charge in [-0.05, 0) is 41.6 Å². The van der Waals surface area contributed by atoms with E-state index >= 15 is 0 Å². The molecular weight excluding hydrogens is 402 g/mol. The topological polar surface area (TPSA) is 113 Å². The molecule has 1 saturated heterocycles. The maximum atomic E-state index is 11.0. The van der Waals surface area contributed by atoms with Crippen molar-refractivity contribution in [2.45, 2.75) is 37.8 Å². The molecule has 10 heteroatoms. The minimum atomic E-state index is -0.814. The SMILES string of the molecule is Nc1ncnc2c1c(Br)nn2C1CCC(N2CCN(C(=O)O)CC2)CC1. The molecule has 1 aliphatic carbocycles. The molecule has 1 amide bonds. The maximum absolute atomic E-state index is 11.0. The monoisotopic (exact) mass is 423 g/mol. The van der Waals surface area contributed by atoms with Gasteiger partial charge in [-0.15, -0.1) is 0 Å². The number of hydrogen-bond donors (Lipinski definition) is 2. The zero-order valence-corrected chi connectivity index (χ0v) is 16.0. The van der Waals surface area contributed by atoms with Gasteiger partial charge in [-0.3, -0.25) is 4.90 Å². The van der Waals surface area contributed by atoms with Crippen molar-refractivity contribution < 1.29 is 9.90 Å². The van der Waals surface area contributed by atoms with Crippen molar-refractivity contribution in [2.75, 3.05) is 31.9 Å². The lowest BCUT2D eigenvalue weighted by Crippen LogP contribution is -2.52. The summed E-state index contributed by atoms with van der Waals surface area (Å²) in [6.07, 6.45) is 4.88. The quantitative estimate of drug-likeness (QED) is 0.758. The van der Waals surface area contributed by atoms with Crippen LogP contribution in [0, 0.1) is 0 Å². The molecule has 2 aromatic rings. The third-order valence-electron chi connectivity index (χ3n) is 5.59. The van der Waals surface area contributed by atoms with E-state index in [0.717, 1.165) is 49.8 Å². The van der Waals surface area contributed by atoms with Crippen molar-refractivity contribution in [1.29, 1.82) is 0 Å². The molecule has 140 valence electrons. The highest BCUT2D eigenvalue weighted by molar-refractivity contribution is 9.10. The van der Waals surface area contributed by atoms with Crippen LogP contribution in [0.4, 0.5) is 10.6 Å². The summed E-state index contributed by atoms with van der Waals surface area (Å²) in [6, 6.07) is 0.821. The van der Waals surface area contributed by atoms with Gasteiger partial charge in [0.2, 0.25) is 0 Å². The Hall–Kier alpha value is -1.94. The lowest BCUT2D eigenvalue weighted by molar-refractivity contribution is 0.0671. The molecule has 2 aromatic heterocycles.